The highest BCUT2D eigenvalue weighted by molar-refractivity contribution is 5.70. The van der Waals surface area contributed by atoms with Gasteiger partial charge in [-0.25, -0.2) is 0 Å². The molecule has 0 rings (SSSR count). The van der Waals surface area contributed by atoms with Crippen LogP contribution in [0.25, 0.3) is 0 Å². The summed E-state index contributed by atoms with van der Waals surface area (Å²) in [5.41, 5.74) is 0. The molecule has 0 N–H and O–H groups in total. The van der Waals surface area contributed by atoms with Gasteiger partial charge in [-0.1, -0.05) is 244 Å². The fourth-order valence-electron chi connectivity index (χ4n) is 7.61. The Bertz CT molecular complexity index is 882. The fourth-order valence-corrected chi connectivity index (χ4v) is 7.61. The zero-order chi connectivity index (χ0) is 42.1. The summed E-state index contributed by atoms with van der Waals surface area (Å²) < 4.78 is 17.4. The van der Waals surface area contributed by atoms with Gasteiger partial charge in [0.25, 0.3) is 0 Å². The van der Waals surface area contributed by atoms with Crippen LogP contribution >= 0.6 is 0 Å². The summed E-state index contributed by atoms with van der Waals surface area (Å²) in [6.07, 6.45) is 57.5. The van der Waals surface area contributed by atoms with E-state index in [-0.39, 0.29) is 18.5 Å². The van der Waals surface area contributed by atoms with Crippen LogP contribution in [0, 0.1) is 0 Å². The zero-order valence-corrected chi connectivity index (χ0v) is 39.3. The number of carbonyl (C=O) groups is 2. The number of hydrogen-bond acceptors (Lipinski definition) is 5. The number of allylic oxidation sites excluding steroid dienone is 4. The van der Waals surface area contributed by atoms with Crippen LogP contribution in [-0.2, 0) is 23.8 Å². The predicted octanol–water partition coefficient (Wildman–Crippen LogP) is 17.2. The molecule has 0 amide bonds. The molecular formula is C53H100O5. The molecule has 0 saturated heterocycles. The first kappa shape index (κ1) is 56.4. The summed E-state index contributed by atoms with van der Waals surface area (Å²) in [5, 5.41) is 0. The Labute approximate surface area is 362 Å². The Morgan fingerprint density at radius 1 is 0.379 bits per heavy atom. The van der Waals surface area contributed by atoms with Crippen LogP contribution in [0.2, 0.25) is 0 Å². The molecule has 0 bridgehead atoms. The highest BCUT2D eigenvalue weighted by atomic mass is 16.6. The van der Waals surface area contributed by atoms with Crippen molar-refractivity contribution in [3.05, 3.63) is 24.3 Å². The van der Waals surface area contributed by atoms with Gasteiger partial charge in [-0.05, 0) is 44.9 Å². The number of rotatable bonds is 48. The van der Waals surface area contributed by atoms with Crippen LogP contribution in [-0.4, -0.2) is 37.9 Å². The van der Waals surface area contributed by atoms with E-state index < -0.39 is 6.10 Å². The van der Waals surface area contributed by atoms with Crippen LogP contribution in [0.3, 0.4) is 0 Å². The van der Waals surface area contributed by atoms with Gasteiger partial charge in [0.05, 0.1) is 6.61 Å². The molecule has 0 spiro atoms. The van der Waals surface area contributed by atoms with Crippen LogP contribution in [0.5, 0.6) is 0 Å². The standard InChI is InChI=1S/C53H100O5/c1-4-7-10-13-16-19-22-25-26-27-30-33-36-39-42-45-48-56-49-51(58-53(55)47-44-41-38-35-32-29-24-21-18-15-12-9-6-3)50-57-52(54)46-43-40-37-34-31-28-23-20-17-14-11-8-5-2/h11,14,20,23,51H,4-10,12-13,15-19,21-22,24-50H2,1-3H3/b14-11-,23-20-. The molecule has 5 heteroatoms. The number of ether oxygens (including phenoxy) is 3. The summed E-state index contributed by atoms with van der Waals surface area (Å²) >= 11 is 0. The average molecular weight is 817 g/mol. The Balaban J connectivity index is 4.22. The van der Waals surface area contributed by atoms with E-state index in [0.29, 0.717) is 26.1 Å². The molecule has 0 aromatic carbocycles. The Hall–Kier alpha value is -1.62. The molecule has 0 aliphatic rings. The number of unbranched alkanes of at least 4 members (excludes halogenated alkanes) is 33. The highest BCUT2D eigenvalue weighted by Crippen LogP contribution is 2.16. The average Bonchev–Trinajstić information content (AvgIpc) is 3.22. The highest BCUT2D eigenvalue weighted by Gasteiger charge is 2.17. The molecule has 0 aliphatic carbocycles. The molecule has 0 saturated carbocycles. The zero-order valence-electron chi connectivity index (χ0n) is 39.3. The van der Waals surface area contributed by atoms with E-state index in [2.05, 4.69) is 45.1 Å². The molecule has 0 aromatic heterocycles. The first-order valence-corrected chi connectivity index (χ1v) is 25.9. The predicted molar refractivity (Wildman–Crippen MR) is 252 cm³/mol. The lowest BCUT2D eigenvalue weighted by atomic mass is 10.0. The van der Waals surface area contributed by atoms with Crippen molar-refractivity contribution in [2.24, 2.45) is 0 Å². The molecule has 0 aromatic rings. The summed E-state index contributed by atoms with van der Waals surface area (Å²) in [4.78, 5) is 25.3. The minimum Gasteiger partial charge on any atom is -0.462 e. The summed E-state index contributed by atoms with van der Waals surface area (Å²) in [6, 6.07) is 0. The van der Waals surface area contributed by atoms with Gasteiger partial charge in [0.2, 0.25) is 0 Å². The molecule has 0 radical (unpaired) electrons. The van der Waals surface area contributed by atoms with E-state index in [1.165, 1.54) is 193 Å². The second kappa shape index (κ2) is 49.7. The Kier molecular flexibility index (Phi) is 48.4. The first-order chi connectivity index (χ1) is 28.6. The minimum atomic E-state index is -0.533. The molecule has 1 atom stereocenters. The molecular weight excluding hydrogens is 717 g/mol. The van der Waals surface area contributed by atoms with Crippen molar-refractivity contribution in [2.75, 3.05) is 19.8 Å². The molecule has 342 valence electrons. The van der Waals surface area contributed by atoms with Gasteiger partial charge in [-0.2, -0.15) is 0 Å². The fraction of sp³-hybridized carbons (Fsp3) is 0.887. The van der Waals surface area contributed by atoms with E-state index in [0.717, 1.165) is 51.4 Å². The lowest BCUT2D eigenvalue weighted by Crippen LogP contribution is -2.30. The van der Waals surface area contributed by atoms with E-state index in [4.69, 9.17) is 14.2 Å². The van der Waals surface area contributed by atoms with Crippen molar-refractivity contribution >= 4 is 11.9 Å². The van der Waals surface area contributed by atoms with Crippen molar-refractivity contribution < 1.29 is 23.8 Å². The minimum absolute atomic E-state index is 0.0854. The van der Waals surface area contributed by atoms with Gasteiger partial charge >= 0.3 is 11.9 Å². The van der Waals surface area contributed by atoms with Crippen molar-refractivity contribution in [3.8, 4) is 0 Å². The topological polar surface area (TPSA) is 61.8 Å². The van der Waals surface area contributed by atoms with Gasteiger partial charge < -0.3 is 14.2 Å². The van der Waals surface area contributed by atoms with Crippen molar-refractivity contribution in [1.29, 1.82) is 0 Å². The second-order valence-electron chi connectivity index (χ2n) is 17.4. The maximum absolute atomic E-state index is 12.8. The maximum Gasteiger partial charge on any atom is 0.306 e. The Morgan fingerprint density at radius 3 is 1.21 bits per heavy atom. The number of esters is 2. The molecule has 1 unspecified atom stereocenters. The third-order valence-electron chi connectivity index (χ3n) is 11.5. The van der Waals surface area contributed by atoms with Crippen molar-refractivity contribution in [2.45, 2.75) is 284 Å². The van der Waals surface area contributed by atoms with Crippen LogP contribution in [0.1, 0.15) is 278 Å². The monoisotopic (exact) mass is 817 g/mol. The van der Waals surface area contributed by atoms with Crippen molar-refractivity contribution in [3.63, 3.8) is 0 Å². The second-order valence-corrected chi connectivity index (χ2v) is 17.4. The number of hydrogen-bond donors (Lipinski definition) is 0. The molecule has 0 heterocycles. The van der Waals surface area contributed by atoms with E-state index in [1.54, 1.807) is 0 Å². The molecule has 0 fully saturated rings. The quantitative estimate of drug-likeness (QED) is 0.0348. The molecule has 0 aliphatic heterocycles. The summed E-state index contributed by atoms with van der Waals surface area (Å²) in [5.74, 6) is -0.396. The normalized spacial score (nSPS) is 12.3. The summed E-state index contributed by atoms with van der Waals surface area (Å²) in [7, 11) is 0. The molecule has 5 nitrogen and oxygen atoms in total. The van der Waals surface area contributed by atoms with E-state index in [1.807, 2.05) is 0 Å². The van der Waals surface area contributed by atoms with Gasteiger partial charge in [0.1, 0.15) is 6.61 Å². The summed E-state index contributed by atoms with van der Waals surface area (Å²) in [6.45, 7) is 7.80. The smallest absolute Gasteiger partial charge is 0.306 e. The van der Waals surface area contributed by atoms with Gasteiger partial charge in [-0.3, -0.25) is 9.59 Å². The van der Waals surface area contributed by atoms with Gasteiger partial charge in [0, 0.05) is 19.4 Å². The van der Waals surface area contributed by atoms with Crippen molar-refractivity contribution in [1.82, 2.24) is 0 Å². The lowest BCUT2D eigenvalue weighted by molar-refractivity contribution is -0.163. The van der Waals surface area contributed by atoms with E-state index >= 15 is 0 Å². The van der Waals surface area contributed by atoms with Gasteiger partial charge in [0.15, 0.2) is 6.10 Å². The largest absolute Gasteiger partial charge is 0.462 e. The van der Waals surface area contributed by atoms with Crippen LogP contribution in [0.15, 0.2) is 24.3 Å². The van der Waals surface area contributed by atoms with Gasteiger partial charge in [-0.15, -0.1) is 0 Å². The third-order valence-corrected chi connectivity index (χ3v) is 11.5. The lowest BCUT2D eigenvalue weighted by Gasteiger charge is -2.18. The van der Waals surface area contributed by atoms with Crippen LogP contribution < -0.4 is 0 Å². The maximum atomic E-state index is 12.8. The molecule has 58 heavy (non-hydrogen) atoms. The van der Waals surface area contributed by atoms with E-state index in [9.17, 15) is 9.59 Å². The third kappa shape index (κ3) is 47.1. The number of carbonyl (C=O) groups excluding carboxylic acids is 2. The first-order valence-electron chi connectivity index (χ1n) is 25.9. The van der Waals surface area contributed by atoms with Crippen LogP contribution in [0.4, 0.5) is 0 Å². The SMILES string of the molecule is CCC/C=C\C/C=C\CCCCCCCC(=O)OCC(COCCCCCCCCCCCCCCCCCC)OC(=O)CCCCCCCCCCCCCCC. The Morgan fingerprint density at radius 2 is 0.759 bits per heavy atom.